The summed E-state index contributed by atoms with van der Waals surface area (Å²) in [6.45, 7) is 3.96. The Hall–Kier alpha value is -2.19. The van der Waals surface area contributed by atoms with Crippen molar-refractivity contribution in [2.45, 2.75) is 30.5 Å². The number of imidazole rings is 1. The molecule has 4 rings (SSSR count). The highest BCUT2D eigenvalue weighted by molar-refractivity contribution is 7.94. The minimum Gasteiger partial charge on any atom is -0.332 e. The number of fused-ring (bicyclic) bond motifs is 1. The van der Waals surface area contributed by atoms with Crippen LogP contribution in [0.25, 0.3) is 0 Å². The third kappa shape index (κ3) is 2.75. The summed E-state index contributed by atoms with van der Waals surface area (Å²) in [5.41, 5.74) is 2.34. The predicted molar refractivity (Wildman–Crippen MR) is 97.5 cm³/mol. The van der Waals surface area contributed by atoms with Crippen LogP contribution in [-0.4, -0.2) is 29.5 Å². The van der Waals surface area contributed by atoms with Crippen molar-refractivity contribution in [3.05, 3.63) is 59.3 Å². The summed E-state index contributed by atoms with van der Waals surface area (Å²) in [6, 6.07) is 7.71. The Morgan fingerprint density at radius 1 is 1.24 bits per heavy atom. The van der Waals surface area contributed by atoms with E-state index in [-0.39, 0.29) is 6.04 Å². The topological polar surface area (TPSA) is 68.1 Å². The highest BCUT2D eigenvalue weighted by Crippen LogP contribution is 2.37. The smallest absolute Gasteiger partial charge is 0.275 e. The minimum atomic E-state index is -3.65. The first-order chi connectivity index (χ1) is 12.0. The van der Waals surface area contributed by atoms with Gasteiger partial charge < -0.3 is 4.57 Å². The average molecular weight is 374 g/mol. The molecule has 1 aliphatic rings. The van der Waals surface area contributed by atoms with E-state index >= 15 is 0 Å². The molecular formula is C17H18N4O2S2. The van der Waals surface area contributed by atoms with E-state index < -0.39 is 10.0 Å². The van der Waals surface area contributed by atoms with Gasteiger partial charge >= 0.3 is 0 Å². The van der Waals surface area contributed by atoms with Gasteiger partial charge in [0.2, 0.25) is 0 Å². The van der Waals surface area contributed by atoms with E-state index in [0.29, 0.717) is 16.4 Å². The molecule has 1 aliphatic heterocycles. The molecule has 0 spiro atoms. The highest BCUT2D eigenvalue weighted by atomic mass is 32.2. The third-order valence-corrected chi connectivity index (χ3v) is 7.86. The zero-order valence-electron chi connectivity index (χ0n) is 14.0. The summed E-state index contributed by atoms with van der Waals surface area (Å²) in [6.07, 6.45) is 6.12. The number of anilines is 1. The molecule has 0 bridgehead atoms. The monoisotopic (exact) mass is 374 g/mol. The van der Waals surface area contributed by atoms with Crippen molar-refractivity contribution in [2.75, 3.05) is 10.8 Å². The number of thiazole rings is 1. The van der Waals surface area contributed by atoms with Gasteiger partial charge in [-0.15, -0.1) is 11.3 Å². The van der Waals surface area contributed by atoms with E-state index in [1.165, 1.54) is 15.6 Å². The van der Waals surface area contributed by atoms with Crippen LogP contribution in [0.3, 0.4) is 0 Å². The summed E-state index contributed by atoms with van der Waals surface area (Å²) < 4.78 is 30.6. The molecule has 0 radical (unpaired) electrons. The van der Waals surface area contributed by atoms with E-state index in [9.17, 15) is 8.42 Å². The van der Waals surface area contributed by atoms with E-state index in [2.05, 4.69) is 9.97 Å². The second-order valence-electron chi connectivity index (χ2n) is 6.14. The van der Waals surface area contributed by atoms with Crippen molar-refractivity contribution in [1.82, 2.24) is 14.5 Å². The van der Waals surface area contributed by atoms with Gasteiger partial charge in [-0.1, -0.05) is 18.2 Å². The summed E-state index contributed by atoms with van der Waals surface area (Å²) in [5, 5.41) is 0.757. The van der Waals surface area contributed by atoms with E-state index in [1.807, 2.05) is 42.0 Å². The lowest BCUT2D eigenvalue weighted by atomic mass is 10.00. The average Bonchev–Trinajstić information content (AvgIpc) is 3.23. The lowest BCUT2D eigenvalue weighted by molar-refractivity contribution is 0.487. The highest BCUT2D eigenvalue weighted by Gasteiger charge is 2.35. The lowest BCUT2D eigenvalue weighted by Crippen LogP contribution is -2.40. The molecule has 25 heavy (non-hydrogen) atoms. The first-order valence-electron chi connectivity index (χ1n) is 7.99. The van der Waals surface area contributed by atoms with Gasteiger partial charge in [0.1, 0.15) is 0 Å². The molecule has 1 atom stereocenters. The fraction of sp³-hybridized carbons (Fsp3) is 0.294. The van der Waals surface area contributed by atoms with Crippen LogP contribution in [-0.2, 0) is 16.4 Å². The molecule has 6 nitrogen and oxygen atoms in total. The SMILES string of the molecule is Cc1nc(C)c(S(=O)(=O)N2CC(n3ccnc3)Cc3ccccc32)s1. The second kappa shape index (κ2) is 5.96. The maximum absolute atomic E-state index is 13.4. The lowest BCUT2D eigenvalue weighted by Gasteiger charge is -2.35. The standard InChI is InChI=1S/C17H18N4O2S2/c1-12-17(24-13(2)19-12)25(22,23)21-10-15(20-8-7-18-11-20)9-14-5-3-4-6-16(14)21/h3-8,11,15H,9-10H2,1-2H3. The number of hydrogen-bond acceptors (Lipinski definition) is 5. The molecule has 0 saturated carbocycles. The van der Waals surface area contributed by atoms with Gasteiger partial charge in [-0.25, -0.2) is 18.4 Å². The van der Waals surface area contributed by atoms with Crippen molar-refractivity contribution in [1.29, 1.82) is 0 Å². The fourth-order valence-corrected chi connectivity index (χ4v) is 6.42. The number of hydrogen-bond donors (Lipinski definition) is 0. The van der Waals surface area contributed by atoms with Crippen molar-refractivity contribution in [3.63, 3.8) is 0 Å². The first kappa shape index (κ1) is 16.3. The van der Waals surface area contributed by atoms with Crippen molar-refractivity contribution in [3.8, 4) is 0 Å². The minimum absolute atomic E-state index is 0.0153. The third-order valence-electron chi connectivity index (χ3n) is 4.42. The summed E-state index contributed by atoms with van der Waals surface area (Å²) in [7, 11) is -3.65. The number of rotatable bonds is 3. The first-order valence-corrected chi connectivity index (χ1v) is 10.2. The van der Waals surface area contributed by atoms with Gasteiger partial charge in [0.25, 0.3) is 10.0 Å². The van der Waals surface area contributed by atoms with Gasteiger partial charge in [-0.3, -0.25) is 4.31 Å². The number of aromatic nitrogens is 3. The Morgan fingerprint density at radius 2 is 2.04 bits per heavy atom. The predicted octanol–water partition coefficient (Wildman–Crippen LogP) is 2.95. The van der Waals surface area contributed by atoms with Crippen LogP contribution < -0.4 is 4.31 Å². The molecule has 2 aromatic heterocycles. The normalized spacial score (nSPS) is 17.5. The zero-order chi connectivity index (χ0) is 17.6. The number of para-hydroxylation sites is 1. The Labute approximate surface area is 150 Å². The number of benzene rings is 1. The van der Waals surface area contributed by atoms with Crippen LogP contribution in [0.4, 0.5) is 5.69 Å². The molecule has 0 aliphatic carbocycles. The molecule has 0 fully saturated rings. The molecule has 1 unspecified atom stereocenters. The molecule has 0 N–H and O–H groups in total. The second-order valence-corrected chi connectivity index (χ2v) is 9.40. The Kier molecular flexibility index (Phi) is 3.88. The van der Waals surface area contributed by atoms with Crippen molar-refractivity contribution in [2.24, 2.45) is 0 Å². The van der Waals surface area contributed by atoms with Crippen LogP contribution >= 0.6 is 11.3 Å². The Morgan fingerprint density at radius 3 is 2.72 bits per heavy atom. The van der Waals surface area contributed by atoms with Crippen LogP contribution in [0.2, 0.25) is 0 Å². The molecule has 1 aromatic carbocycles. The van der Waals surface area contributed by atoms with Crippen LogP contribution in [0.5, 0.6) is 0 Å². The molecule has 3 heterocycles. The van der Waals surface area contributed by atoms with Gasteiger partial charge in [-0.05, 0) is 31.9 Å². The molecular weight excluding hydrogens is 356 g/mol. The largest absolute Gasteiger partial charge is 0.332 e. The summed E-state index contributed by atoms with van der Waals surface area (Å²) in [5.74, 6) is 0. The molecule has 130 valence electrons. The quantitative estimate of drug-likeness (QED) is 0.707. The van der Waals surface area contributed by atoms with Crippen molar-refractivity contribution >= 4 is 27.0 Å². The van der Waals surface area contributed by atoms with E-state index in [4.69, 9.17) is 0 Å². The van der Waals surface area contributed by atoms with Gasteiger partial charge in [-0.2, -0.15) is 0 Å². The maximum atomic E-state index is 13.4. The molecule has 0 saturated heterocycles. The number of nitrogens with zero attached hydrogens (tertiary/aromatic N) is 4. The Balaban J connectivity index is 1.83. The van der Waals surface area contributed by atoms with Crippen molar-refractivity contribution < 1.29 is 8.42 Å². The van der Waals surface area contributed by atoms with E-state index in [1.54, 1.807) is 19.4 Å². The van der Waals surface area contributed by atoms with Gasteiger partial charge in [0.05, 0.1) is 35.3 Å². The van der Waals surface area contributed by atoms with Gasteiger partial charge in [0, 0.05) is 12.4 Å². The number of sulfonamides is 1. The molecule has 3 aromatic rings. The summed E-state index contributed by atoms with van der Waals surface area (Å²) in [4.78, 5) is 8.40. The van der Waals surface area contributed by atoms with Crippen LogP contribution in [0, 0.1) is 13.8 Å². The van der Waals surface area contributed by atoms with Crippen LogP contribution in [0.1, 0.15) is 22.3 Å². The Bertz CT molecular complexity index is 1010. The molecule has 8 heteroatoms. The fourth-order valence-electron chi connectivity index (χ4n) is 3.30. The van der Waals surface area contributed by atoms with Crippen LogP contribution in [0.15, 0.2) is 47.2 Å². The van der Waals surface area contributed by atoms with Gasteiger partial charge in [0.15, 0.2) is 4.21 Å². The van der Waals surface area contributed by atoms with E-state index in [0.717, 1.165) is 22.7 Å². The zero-order valence-corrected chi connectivity index (χ0v) is 15.6. The summed E-state index contributed by atoms with van der Waals surface area (Å²) >= 11 is 1.23. The number of aryl methyl sites for hydroxylation is 2. The molecule has 0 amide bonds. The maximum Gasteiger partial charge on any atom is 0.275 e.